The van der Waals surface area contributed by atoms with Crippen molar-refractivity contribution >= 4 is 27.6 Å². The molecule has 0 saturated carbocycles. The molecule has 0 aromatic heterocycles. The number of hydrogen-bond donors (Lipinski definition) is 0. The van der Waals surface area contributed by atoms with Gasteiger partial charge >= 0.3 is 5.97 Å². The van der Waals surface area contributed by atoms with Crippen LogP contribution in [0.25, 0.3) is 0 Å². The maximum atomic E-state index is 11.2. The number of carbonyl (C=O) groups is 1. The third-order valence-corrected chi connectivity index (χ3v) is 2.42. The van der Waals surface area contributed by atoms with Crippen LogP contribution < -0.4 is 4.74 Å². The fraction of sp³-hybridized carbons (Fsp3) is 0.300. The number of carbonyl (C=O) groups excluding carboxylic acids is 1. The number of esters is 1. The van der Waals surface area contributed by atoms with E-state index in [0.717, 1.165) is 0 Å². The average Bonchev–Trinajstić information content (AvgIpc) is 2.21. The van der Waals surface area contributed by atoms with Crippen molar-refractivity contribution in [2.24, 2.45) is 0 Å². The van der Waals surface area contributed by atoms with Crippen molar-refractivity contribution in [2.75, 3.05) is 0 Å². The zero-order chi connectivity index (χ0) is 12.1. The van der Waals surface area contributed by atoms with Crippen LogP contribution in [0.1, 0.15) is 19.8 Å². The molecule has 0 aliphatic heterocycles. The predicted molar refractivity (Wildman–Crippen MR) is 61.3 cm³/mol. The second kappa shape index (κ2) is 5.60. The van der Waals surface area contributed by atoms with E-state index in [9.17, 15) is 14.9 Å². The van der Waals surface area contributed by atoms with Crippen molar-refractivity contribution in [3.8, 4) is 5.75 Å². The summed E-state index contributed by atoms with van der Waals surface area (Å²) in [5, 5.41) is 10.5. The minimum absolute atomic E-state index is 0.0536. The van der Waals surface area contributed by atoms with Gasteiger partial charge < -0.3 is 4.74 Å². The summed E-state index contributed by atoms with van der Waals surface area (Å²) in [6.45, 7) is 1.87. The number of nitrogens with zero attached hydrogens (tertiary/aromatic N) is 1. The van der Waals surface area contributed by atoms with Gasteiger partial charge in [0, 0.05) is 18.6 Å². The average molecular weight is 288 g/mol. The quantitative estimate of drug-likeness (QED) is 0.369. The van der Waals surface area contributed by atoms with Crippen molar-refractivity contribution in [3.05, 3.63) is 32.8 Å². The normalized spacial score (nSPS) is 9.88. The number of benzene rings is 1. The summed E-state index contributed by atoms with van der Waals surface area (Å²) in [6, 6.07) is 3.99. The maximum absolute atomic E-state index is 11.2. The molecule has 0 bridgehead atoms. The van der Waals surface area contributed by atoms with Crippen LogP contribution in [0, 0.1) is 10.1 Å². The van der Waals surface area contributed by atoms with Crippen molar-refractivity contribution in [3.63, 3.8) is 0 Å². The Morgan fingerprint density at radius 3 is 2.75 bits per heavy atom. The lowest BCUT2D eigenvalue weighted by atomic mass is 10.3. The molecule has 0 spiro atoms. The van der Waals surface area contributed by atoms with Crippen LogP contribution in [0.2, 0.25) is 0 Å². The van der Waals surface area contributed by atoms with Crippen LogP contribution in [-0.2, 0) is 4.79 Å². The molecular formula is C10H10BrNO4. The standard InChI is InChI=1S/C10H10BrNO4/c1-2-3-10(13)16-9-5-4-7(12(14)15)6-8(9)11/h4-6H,2-3H2,1H3. The number of hydrogen-bond acceptors (Lipinski definition) is 4. The summed E-state index contributed by atoms with van der Waals surface area (Å²) in [5.74, 6) is -0.0545. The lowest BCUT2D eigenvalue weighted by molar-refractivity contribution is -0.384. The molecule has 0 heterocycles. The summed E-state index contributed by atoms with van der Waals surface area (Å²) in [6.07, 6.45) is 1.02. The van der Waals surface area contributed by atoms with Gasteiger partial charge in [-0.15, -0.1) is 0 Å². The molecule has 0 fully saturated rings. The van der Waals surface area contributed by atoms with E-state index in [2.05, 4.69) is 15.9 Å². The van der Waals surface area contributed by atoms with Crippen molar-refractivity contribution in [1.29, 1.82) is 0 Å². The summed E-state index contributed by atoms with van der Waals surface area (Å²) in [7, 11) is 0. The molecule has 1 rings (SSSR count). The van der Waals surface area contributed by atoms with Gasteiger partial charge in [0.05, 0.1) is 9.40 Å². The highest BCUT2D eigenvalue weighted by atomic mass is 79.9. The molecule has 0 saturated heterocycles. The van der Waals surface area contributed by atoms with Gasteiger partial charge in [-0.3, -0.25) is 14.9 Å². The van der Waals surface area contributed by atoms with Crippen LogP contribution in [0.4, 0.5) is 5.69 Å². The second-order valence-corrected chi connectivity index (χ2v) is 3.95. The largest absolute Gasteiger partial charge is 0.425 e. The van der Waals surface area contributed by atoms with E-state index in [1.165, 1.54) is 18.2 Å². The molecule has 86 valence electrons. The number of non-ortho nitro benzene ring substituents is 1. The lowest BCUT2D eigenvalue weighted by Gasteiger charge is -2.05. The number of nitro groups is 1. The molecule has 0 radical (unpaired) electrons. The van der Waals surface area contributed by atoms with Gasteiger partial charge in [0.15, 0.2) is 0 Å². The van der Waals surface area contributed by atoms with Crippen molar-refractivity contribution < 1.29 is 14.5 Å². The first-order valence-electron chi connectivity index (χ1n) is 4.69. The van der Waals surface area contributed by atoms with Crippen LogP contribution >= 0.6 is 15.9 Å². The fourth-order valence-electron chi connectivity index (χ4n) is 1.06. The molecule has 0 aliphatic rings. The van der Waals surface area contributed by atoms with Crippen LogP contribution in [0.15, 0.2) is 22.7 Å². The van der Waals surface area contributed by atoms with Gasteiger partial charge in [-0.1, -0.05) is 6.92 Å². The first-order valence-corrected chi connectivity index (χ1v) is 5.48. The molecule has 1 aromatic rings. The molecule has 1 aromatic carbocycles. The van der Waals surface area contributed by atoms with Gasteiger partial charge in [0.25, 0.3) is 5.69 Å². The van der Waals surface area contributed by atoms with Gasteiger partial charge in [-0.05, 0) is 28.4 Å². The molecule has 0 amide bonds. The summed E-state index contributed by atoms with van der Waals surface area (Å²) >= 11 is 3.11. The third-order valence-electron chi connectivity index (χ3n) is 1.80. The highest BCUT2D eigenvalue weighted by Crippen LogP contribution is 2.29. The number of rotatable bonds is 4. The van der Waals surface area contributed by atoms with Gasteiger partial charge in [-0.25, -0.2) is 0 Å². The Balaban J connectivity index is 2.83. The Labute approximate surface area is 101 Å². The van der Waals surface area contributed by atoms with E-state index in [1.54, 1.807) is 0 Å². The molecule has 0 aliphatic carbocycles. The van der Waals surface area contributed by atoms with Gasteiger partial charge in [-0.2, -0.15) is 0 Å². The SMILES string of the molecule is CCCC(=O)Oc1ccc([N+](=O)[O-])cc1Br. The van der Waals surface area contributed by atoms with E-state index in [0.29, 0.717) is 23.1 Å². The summed E-state index contributed by atoms with van der Waals surface area (Å²) in [4.78, 5) is 21.2. The monoisotopic (exact) mass is 287 g/mol. The van der Waals surface area contributed by atoms with Crippen molar-refractivity contribution in [2.45, 2.75) is 19.8 Å². The lowest BCUT2D eigenvalue weighted by Crippen LogP contribution is -2.07. The molecule has 16 heavy (non-hydrogen) atoms. The maximum Gasteiger partial charge on any atom is 0.311 e. The van der Waals surface area contributed by atoms with E-state index >= 15 is 0 Å². The minimum atomic E-state index is -0.512. The van der Waals surface area contributed by atoms with E-state index in [4.69, 9.17) is 4.74 Å². The van der Waals surface area contributed by atoms with Crippen molar-refractivity contribution in [1.82, 2.24) is 0 Å². The van der Waals surface area contributed by atoms with E-state index < -0.39 is 4.92 Å². The number of halogens is 1. The molecule has 5 nitrogen and oxygen atoms in total. The molecule has 0 atom stereocenters. The molecule has 6 heteroatoms. The highest BCUT2D eigenvalue weighted by molar-refractivity contribution is 9.10. The topological polar surface area (TPSA) is 69.4 Å². The molecular weight excluding hydrogens is 278 g/mol. The number of ether oxygens (including phenoxy) is 1. The van der Waals surface area contributed by atoms with Gasteiger partial charge in [0.2, 0.25) is 0 Å². The fourth-order valence-corrected chi connectivity index (χ4v) is 1.51. The summed E-state index contributed by atoms with van der Waals surface area (Å²) < 4.78 is 5.41. The number of nitro benzene ring substituents is 1. The molecule has 0 unspecified atom stereocenters. The Morgan fingerprint density at radius 2 is 2.25 bits per heavy atom. The summed E-state index contributed by atoms with van der Waals surface area (Å²) in [5.41, 5.74) is -0.0536. The predicted octanol–water partition coefficient (Wildman–Crippen LogP) is 3.06. The van der Waals surface area contributed by atoms with E-state index in [-0.39, 0.29) is 11.7 Å². The van der Waals surface area contributed by atoms with E-state index in [1.807, 2.05) is 6.92 Å². The third kappa shape index (κ3) is 3.30. The van der Waals surface area contributed by atoms with Gasteiger partial charge in [0.1, 0.15) is 5.75 Å². The second-order valence-electron chi connectivity index (χ2n) is 3.10. The molecule has 0 N–H and O–H groups in total. The first-order chi connectivity index (χ1) is 7.54. The first kappa shape index (κ1) is 12.6. The smallest absolute Gasteiger partial charge is 0.311 e. The highest BCUT2D eigenvalue weighted by Gasteiger charge is 2.12. The Hall–Kier alpha value is -1.43. The van der Waals surface area contributed by atoms with Crippen LogP contribution in [-0.4, -0.2) is 10.9 Å². The Morgan fingerprint density at radius 1 is 1.56 bits per heavy atom. The zero-order valence-corrected chi connectivity index (χ0v) is 10.2. The Bertz CT molecular complexity index is 419. The Kier molecular flexibility index (Phi) is 4.42. The van der Waals surface area contributed by atoms with Crippen LogP contribution in [0.5, 0.6) is 5.75 Å². The van der Waals surface area contributed by atoms with Crippen LogP contribution in [0.3, 0.4) is 0 Å². The minimum Gasteiger partial charge on any atom is -0.425 e. The zero-order valence-electron chi connectivity index (χ0n) is 8.60.